The van der Waals surface area contributed by atoms with Crippen molar-refractivity contribution in [2.45, 2.75) is 0 Å². The molecule has 1 aromatic heterocycles. The zero-order chi connectivity index (χ0) is 13.8. The Morgan fingerprint density at radius 3 is 2.50 bits per heavy atom. The van der Waals surface area contributed by atoms with Crippen molar-refractivity contribution in [2.75, 3.05) is 26.3 Å². The molecule has 1 aliphatic heterocycles. The predicted molar refractivity (Wildman–Crippen MR) is 78.6 cm³/mol. The Morgan fingerprint density at radius 2 is 1.80 bits per heavy atom. The molecule has 20 heavy (non-hydrogen) atoms. The van der Waals surface area contributed by atoms with Crippen LogP contribution >= 0.6 is 15.9 Å². The Labute approximate surface area is 125 Å². The van der Waals surface area contributed by atoms with Gasteiger partial charge in [0.2, 0.25) is 7.12 Å². The van der Waals surface area contributed by atoms with Gasteiger partial charge in [-0.25, -0.2) is 0 Å². The predicted octanol–water partition coefficient (Wildman–Crippen LogP) is 0.409. The zero-order valence-electron chi connectivity index (χ0n) is 10.9. The molecular formula is C13H15BBrN2O3. The molecule has 1 fully saturated rings. The molecule has 2 aromatic rings. The molecule has 0 saturated carbocycles. The van der Waals surface area contributed by atoms with E-state index in [4.69, 9.17) is 13.8 Å². The second-order valence-electron chi connectivity index (χ2n) is 4.56. The maximum Gasteiger partial charge on any atom is 0.219 e. The van der Waals surface area contributed by atoms with E-state index in [1.54, 1.807) is 0 Å². The molecule has 3 rings (SSSR count). The summed E-state index contributed by atoms with van der Waals surface area (Å²) < 4.78 is 17.7. The topological polar surface area (TPSA) is 61.1 Å². The van der Waals surface area contributed by atoms with Crippen LogP contribution in [0.5, 0.6) is 0 Å². The average molecular weight is 338 g/mol. The van der Waals surface area contributed by atoms with E-state index in [9.17, 15) is 0 Å². The molecule has 2 heterocycles. The summed E-state index contributed by atoms with van der Waals surface area (Å²) in [6.07, 6.45) is 0. The zero-order valence-corrected chi connectivity index (χ0v) is 12.5. The molecule has 5 nitrogen and oxygen atoms in total. The van der Waals surface area contributed by atoms with Crippen LogP contribution in [0.1, 0.15) is 0 Å². The lowest BCUT2D eigenvalue weighted by atomic mass is 9.85. The second-order valence-corrected chi connectivity index (χ2v) is 5.48. The van der Waals surface area contributed by atoms with Gasteiger partial charge in [-0.2, -0.15) is 0 Å². The second kappa shape index (κ2) is 6.54. The van der Waals surface area contributed by atoms with Gasteiger partial charge in [-0.1, -0.05) is 33.2 Å². The van der Waals surface area contributed by atoms with Gasteiger partial charge in [0.05, 0.1) is 26.3 Å². The summed E-state index contributed by atoms with van der Waals surface area (Å²) in [5.74, 6) is 0. The van der Waals surface area contributed by atoms with E-state index < -0.39 is 7.12 Å². The maximum atomic E-state index is 5.64. The van der Waals surface area contributed by atoms with Crippen LogP contribution in [0.15, 0.2) is 39.3 Å². The number of nitrogens with zero attached hydrogens (tertiary/aromatic N) is 1. The largest absolute Gasteiger partial charge is 0.580 e. The minimum Gasteiger partial charge on any atom is -0.580 e. The lowest BCUT2D eigenvalue weighted by Crippen LogP contribution is -2.86. The average Bonchev–Trinajstić information content (AvgIpc) is 2.89. The third-order valence-corrected chi connectivity index (χ3v) is 3.61. The Balaban J connectivity index is 1.76. The van der Waals surface area contributed by atoms with Gasteiger partial charge in [-0.3, -0.25) is 0 Å². The smallest absolute Gasteiger partial charge is 0.219 e. The van der Waals surface area contributed by atoms with Crippen LogP contribution in [0, 0.1) is 0 Å². The van der Waals surface area contributed by atoms with Crippen LogP contribution in [0.25, 0.3) is 11.3 Å². The SMILES string of the molecule is Brc1ccc(-c2cc([B-]3OCC[NH2+]CCO3)on2)cc1. The van der Waals surface area contributed by atoms with Crippen molar-refractivity contribution in [1.29, 1.82) is 0 Å². The van der Waals surface area contributed by atoms with Gasteiger partial charge in [-0.15, -0.1) is 0 Å². The van der Waals surface area contributed by atoms with Crippen LogP contribution in [0.2, 0.25) is 0 Å². The third-order valence-electron chi connectivity index (χ3n) is 3.08. The maximum absolute atomic E-state index is 5.64. The molecule has 0 unspecified atom stereocenters. The first-order valence-electron chi connectivity index (χ1n) is 6.60. The molecule has 0 amide bonds. The molecule has 105 valence electrons. The summed E-state index contributed by atoms with van der Waals surface area (Å²) in [4.78, 5) is 0. The Hall–Kier alpha value is -1.15. The van der Waals surface area contributed by atoms with E-state index >= 15 is 0 Å². The standard InChI is InChI=1S/C13H14BBrN2O3/c15-11-3-1-10(2-4-11)12-9-13(20-17-12)14-18-7-5-16-6-8-19-14/h1-4,9,16H,5-8H2/q-1/p+1. The number of nitrogens with two attached hydrogens (primary N) is 1. The normalized spacial score (nSPS) is 17.6. The van der Waals surface area contributed by atoms with Crippen molar-refractivity contribution in [1.82, 2.24) is 5.16 Å². The molecule has 0 aliphatic carbocycles. The van der Waals surface area contributed by atoms with Crippen molar-refractivity contribution in [3.8, 4) is 11.3 Å². The van der Waals surface area contributed by atoms with Crippen LogP contribution in [0.4, 0.5) is 0 Å². The number of hydrogen-bond donors (Lipinski definition) is 1. The molecule has 0 bridgehead atoms. The van der Waals surface area contributed by atoms with Crippen molar-refractivity contribution in [3.63, 3.8) is 0 Å². The van der Waals surface area contributed by atoms with Gasteiger partial charge < -0.3 is 19.1 Å². The number of aromatic nitrogens is 1. The number of hydrogen-bond acceptors (Lipinski definition) is 4. The summed E-state index contributed by atoms with van der Waals surface area (Å²) in [5.41, 5.74) is 2.40. The Morgan fingerprint density at radius 1 is 1.10 bits per heavy atom. The molecule has 0 atom stereocenters. The van der Waals surface area contributed by atoms with Gasteiger partial charge in [0, 0.05) is 15.7 Å². The number of benzene rings is 1. The van der Waals surface area contributed by atoms with Gasteiger partial charge in [-0.05, 0) is 18.2 Å². The number of quaternary nitrogens is 1. The van der Waals surface area contributed by atoms with E-state index in [1.165, 1.54) is 0 Å². The highest BCUT2D eigenvalue weighted by molar-refractivity contribution is 9.10. The van der Waals surface area contributed by atoms with E-state index in [2.05, 4.69) is 26.4 Å². The number of halogens is 1. The fourth-order valence-electron chi connectivity index (χ4n) is 2.03. The molecule has 1 radical (unpaired) electrons. The highest BCUT2D eigenvalue weighted by Crippen LogP contribution is 2.19. The summed E-state index contributed by atoms with van der Waals surface area (Å²) in [5, 5.41) is 6.26. The highest BCUT2D eigenvalue weighted by atomic mass is 79.9. The van der Waals surface area contributed by atoms with Crippen molar-refractivity contribution >= 4 is 28.7 Å². The minimum atomic E-state index is -0.458. The summed E-state index contributed by atoms with van der Waals surface area (Å²) >= 11 is 3.42. The van der Waals surface area contributed by atoms with Crippen LogP contribution in [-0.4, -0.2) is 38.6 Å². The first kappa shape index (κ1) is 13.8. The first-order valence-corrected chi connectivity index (χ1v) is 7.39. The van der Waals surface area contributed by atoms with Crippen molar-refractivity contribution in [3.05, 3.63) is 34.8 Å². The lowest BCUT2D eigenvalue weighted by molar-refractivity contribution is -0.657. The highest BCUT2D eigenvalue weighted by Gasteiger charge is 2.13. The quantitative estimate of drug-likeness (QED) is 0.806. The lowest BCUT2D eigenvalue weighted by Gasteiger charge is -2.28. The van der Waals surface area contributed by atoms with Crippen LogP contribution in [0.3, 0.4) is 0 Å². The van der Waals surface area contributed by atoms with Crippen LogP contribution in [-0.2, 0) is 9.31 Å². The van der Waals surface area contributed by atoms with E-state index in [0.29, 0.717) is 18.9 Å². The fraction of sp³-hybridized carbons (Fsp3) is 0.308. The van der Waals surface area contributed by atoms with Gasteiger partial charge >= 0.3 is 0 Å². The monoisotopic (exact) mass is 337 g/mol. The molecule has 7 heteroatoms. The van der Waals surface area contributed by atoms with Crippen molar-refractivity contribution in [2.24, 2.45) is 0 Å². The summed E-state index contributed by atoms with van der Waals surface area (Å²) in [6, 6.07) is 9.80. The number of rotatable bonds is 2. The summed E-state index contributed by atoms with van der Waals surface area (Å²) in [6.45, 7) is 3.15. The van der Waals surface area contributed by atoms with E-state index in [1.807, 2.05) is 30.3 Å². The van der Waals surface area contributed by atoms with E-state index in [-0.39, 0.29) is 0 Å². The first-order chi connectivity index (χ1) is 9.83. The molecule has 2 N–H and O–H groups in total. The summed E-state index contributed by atoms with van der Waals surface area (Å²) in [7, 11) is -0.458. The Bertz CT molecular complexity index is 553. The van der Waals surface area contributed by atoms with Gasteiger partial charge in [0.25, 0.3) is 0 Å². The molecule has 0 spiro atoms. The Kier molecular flexibility index (Phi) is 4.52. The molecular weight excluding hydrogens is 323 g/mol. The van der Waals surface area contributed by atoms with Gasteiger partial charge in [0.15, 0.2) is 0 Å². The van der Waals surface area contributed by atoms with Crippen molar-refractivity contribution < 1.29 is 19.1 Å². The fourth-order valence-corrected chi connectivity index (χ4v) is 2.29. The minimum absolute atomic E-state index is 0.458. The molecule has 1 aromatic carbocycles. The molecule has 1 saturated heterocycles. The third kappa shape index (κ3) is 3.30. The van der Waals surface area contributed by atoms with Crippen LogP contribution < -0.4 is 11.0 Å². The molecule has 1 aliphatic rings. The van der Waals surface area contributed by atoms with E-state index in [0.717, 1.165) is 28.8 Å². The van der Waals surface area contributed by atoms with Gasteiger partial charge in [0.1, 0.15) is 5.69 Å².